The van der Waals surface area contributed by atoms with Gasteiger partial charge in [-0.15, -0.1) is 0 Å². The lowest BCUT2D eigenvalue weighted by atomic mass is 9.98. The zero-order valence-corrected chi connectivity index (χ0v) is 13.8. The summed E-state index contributed by atoms with van der Waals surface area (Å²) < 4.78 is 0. The quantitative estimate of drug-likeness (QED) is 0.573. The number of amides is 1. The minimum Gasteiger partial charge on any atom is -0.289 e. The van der Waals surface area contributed by atoms with Crippen LogP contribution in [0.15, 0.2) is 84.9 Å². The molecule has 0 aliphatic rings. The summed E-state index contributed by atoms with van der Waals surface area (Å²) in [7, 11) is 1.76. The third-order valence-corrected chi connectivity index (χ3v) is 3.87. The Morgan fingerprint density at radius 2 is 1.24 bits per heavy atom. The van der Waals surface area contributed by atoms with E-state index in [1.807, 2.05) is 36.4 Å². The molecule has 0 saturated carbocycles. The van der Waals surface area contributed by atoms with Crippen LogP contribution in [0.5, 0.6) is 0 Å². The van der Waals surface area contributed by atoms with E-state index >= 15 is 0 Å². The fourth-order valence-corrected chi connectivity index (χ4v) is 2.55. The molecule has 1 N–H and O–H groups in total. The maximum absolute atomic E-state index is 12.7. The first-order valence-corrected chi connectivity index (χ1v) is 7.95. The van der Waals surface area contributed by atoms with Crippen LogP contribution in [-0.4, -0.2) is 18.7 Å². The van der Waals surface area contributed by atoms with Gasteiger partial charge in [0.15, 0.2) is 5.78 Å². The Hall–Kier alpha value is -3.40. The van der Waals surface area contributed by atoms with Crippen LogP contribution in [0.2, 0.25) is 0 Å². The van der Waals surface area contributed by atoms with Crippen molar-refractivity contribution in [2.45, 2.75) is 0 Å². The van der Waals surface area contributed by atoms with E-state index in [2.05, 4.69) is 5.43 Å². The molecule has 0 fully saturated rings. The highest BCUT2D eigenvalue weighted by molar-refractivity contribution is 6.15. The predicted molar refractivity (Wildman–Crippen MR) is 98.6 cm³/mol. The van der Waals surface area contributed by atoms with Crippen molar-refractivity contribution < 1.29 is 9.59 Å². The van der Waals surface area contributed by atoms with Gasteiger partial charge in [-0.2, -0.15) is 0 Å². The molecule has 0 aromatic heterocycles. The molecule has 124 valence electrons. The van der Waals surface area contributed by atoms with Crippen molar-refractivity contribution in [1.82, 2.24) is 5.43 Å². The largest absolute Gasteiger partial charge is 0.289 e. The van der Waals surface area contributed by atoms with Crippen molar-refractivity contribution in [2.24, 2.45) is 0 Å². The van der Waals surface area contributed by atoms with Gasteiger partial charge < -0.3 is 0 Å². The molecule has 25 heavy (non-hydrogen) atoms. The molecule has 0 bridgehead atoms. The van der Waals surface area contributed by atoms with E-state index in [0.717, 1.165) is 5.69 Å². The molecule has 0 saturated heterocycles. The van der Waals surface area contributed by atoms with E-state index in [1.165, 1.54) is 0 Å². The Balaban J connectivity index is 1.85. The van der Waals surface area contributed by atoms with Crippen molar-refractivity contribution in [1.29, 1.82) is 0 Å². The summed E-state index contributed by atoms with van der Waals surface area (Å²) in [6.07, 6.45) is 0. The van der Waals surface area contributed by atoms with E-state index in [1.54, 1.807) is 60.6 Å². The van der Waals surface area contributed by atoms with E-state index < -0.39 is 0 Å². The maximum atomic E-state index is 12.7. The summed E-state index contributed by atoms with van der Waals surface area (Å²) >= 11 is 0. The molecule has 4 nitrogen and oxygen atoms in total. The van der Waals surface area contributed by atoms with Gasteiger partial charge in [0.05, 0.1) is 11.3 Å². The van der Waals surface area contributed by atoms with Gasteiger partial charge in [-0.05, 0) is 18.2 Å². The van der Waals surface area contributed by atoms with Gasteiger partial charge >= 0.3 is 0 Å². The zero-order valence-electron chi connectivity index (χ0n) is 13.8. The lowest BCUT2D eigenvalue weighted by Crippen LogP contribution is -2.40. The highest BCUT2D eigenvalue weighted by Crippen LogP contribution is 2.16. The molecule has 0 atom stereocenters. The van der Waals surface area contributed by atoms with Crippen molar-refractivity contribution in [2.75, 3.05) is 12.1 Å². The standard InChI is InChI=1S/C21H18N2O2/c1-23(17-12-6-3-7-13-17)22-21(25)19-15-9-8-14-18(19)20(24)16-10-4-2-5-11-16/h2-15H,1H3,(H,22,25). The van der Waals surface area contributed by atoms with Crippen LogP contribution in [0.1, 0.15) is 26.3 Å². The lowest BCUT2D eigenvalue weighted by Gasteiger charge is -2.21. The second kappa shape index (κ2) is 7.45. The smallest absolute Gasteiger partial charge is 0.270 e. The zero-order chi connectivity index (χ0) is 17.6. The first-order valence-electron chi connectivity index (χ1n) is 7.95. The monoisotopic (exact) mass is 330 g/mol. The second-order valence-corrected chi connectivity index (χ2v) is 5.58. The number of rotatable bonds is 5. The Labute approximate surface area is 146 Å². The van der Waals surface area contributed by atoms with E-state index in [-0.39, 0.29) is 11.7 Å². The van der Waals surface area contributed by atoms with Crippen LogP contribution in [0.25, 0.3) is 0 Å². The van der Waals surface area contributed by atoms with Gasteiger partial charge in [0.25, 0.3) is 5.91 Å². The van der Waals surface area contributed by atoms with Crippen LogP contribution in [0, 0.1) is 0 Å². The number of carbonyl (C=O) groups excluding carboxylic acids is 2. The summed E-state index contributed by atoms with van der Waals surface area (Å²) in [4.78, 5) is 25.4. The van der Waals surface area contributed by atoms with Crippen LogP contribution in [0.4, 0.5) is 5.69 Å². The molecule has 0 aliphatic heterocycles. The van der Waals surface area contributed by atoms with Gasteiger partial charge in [0, 0.05) is 18.2 Å². The number of hydrazine groups is 1. The summed E-state index contributed by atoms with van der Waals surface area (Å²) in [5, 5.41) is 1.63. The molecule has 3 aromatic rings. The number of nitrogens with zero attached hydrogens (tertiary/aromatic N) is 1. The van der Waals surface area contributed by atoms with E-state index in [4.69, 9.17) is 0 Å². The van der Waals surface area contributed by atoms with Gasteiger partial charge in [0.2, 0.25) is 0 Å². The van der Waals surface area contributed by atoms with Crippen molar-refractivity contribution in [3.05, 3.63) is 102 Å². The molecule has 4 heteroatoms. The summed E-state index contributed by atoms with van der Waals surface area (Å²) in [5.41, 5.74) is 4.93. The van der Waals surface area contributed by atoms with Crippen LogP contribution < -0.4 is 10.4 Å². The van der Waals surface area contributed by atoms with Crippen molar-refractivity contribution >= 4 is 17.4 Å². The summed E-state index contributed by atoms with van der Waals surface area (Å²) in [6.45, 7) is 0. The number of nitrogens with one attached hydrogen (secondary N) is 1. The first kappa shape index (κ1) is 16.5. The van der Waals surface area contributed by atoms with Gasteiger partial charge in [0.1, 0.15) is 0 Å². The first-order chi connectivity index (χ1) is 12.2. The number of anilines is 1. The highest BCUT2D eigenvalue weighted by Gasteiger charge is 2.18. The van der Waals surface area contributed by atoms with E-state index in [9.17, 15) is 9.59 Å². The normalized spacial score (nSPS) is 10.1. The molecule has 3 aromatic carbocycles. The predicted octanol–water partition coefficient (Wildman–Crippen LogP) is 3.70. The summed E-state index contributed by atoms with van der Waals surface area (Å²) in [5.74, 6) is -0.500. The molecule has 0 unspecified atom stereocenters. The Kier molecular flexibility index (Phi) is 4.90. The number of benzene rings is 3. The number of hydrogen-bond acceptors (Lipinski definition) is 3. The van der Waals surface area contributed by atoms with Crippen LogP contribution in [-0.2, 0) is 0 Å². The third kappa shape index (κ3) is 3.75. The molecule has 0 radical (unpaired) electrons. The lowest BCUT2D eigenvalue weighted by molar-refractivity contribution is 0.0940. The van der Waals surface area contributed by atoms with Crippen molar-refractivity contribution in [3.63, 3.8) is 0 Å². The Morgan fingerprint density at radius 3 is 1.88 bits per heavy atom. The number of para-hydroxylation sites is 1. The SMILES string of the molecule is CN(NC(=O)c1ccccc1C(=O)c1ccccc1)c1ccccc1. The minimum absolute atomic E-state index is 0.172. The molecule has 1 amide bonds. The van der Waals surface area contributed by atoms with Crippen molar-refractivity contribution in [3.8, 4) is 0 Å². The molecule has 0 spiro atoms. The van der Waals surface area contributed by atoms with Crippen LogP contribution in [0.3, 0.4) is 0 Å². The third-order valence-electron chi connectivity index (χ3n) is 3.87. The topological polar surface area (TPSA) is 49.4 Å². The Bertz CT molecular complexity index is 877. The van der Waals surface area contributed by atoms with Gasteiger partial charge in [-0.3, -0.25) is 20.0 Å². The molecular formula is C21H18N2O2. The minimum atomic E-state index is -0.328. The summed E-state index contributed by atoms with van der Waals surface area (Å²) in [6, 6.07) is 25.3. The average Bonchev–Trinajstić information content (AvgIpc) is 2.68. The van der Waals surface area contributed by atoms with Gasteiger partial charge in [-0.1, -0.05) is 66.7 Å². The average molecular weight is 330 g/mol. The highest BCUT2D eigenvalue weighted by atomic mass is 16.2. The Morgan fingerprint density at radius 1 is 0.720 bits per heavy atom. The molecule has 0 aliphatic carbocycles. The molecular weight excluding hydrogens is 312 g/mol. The number of hydrogen-bond donors (Lipinski definition) is 1. The van der Waals surface area contributed by atoms with Gasteiger partial charge in [-0.25, -0.2) is 0 Å². The maximum Gasteiger partial charge on any atom is 0.270 e. The molecule has 0 heterocycles. The fourth-order valence-electron chi connectivity index (χ4n) is 2.55. The fraction of sp³-hybridized carbons (Fsp3) is 0.0476. The second-order valence-electron chi connectivity index (χ2n) is 5.58. The molecule has 3 rings (SSSR count). The van der Waals surface area contributed by atoms with E-state index in [0.29, 0.717) is 16.7 Å². The van der Waals surface area contributed by atoms with Crippen LogP contribution >= 0.6 is 0 Å². The number of ketones is 1. The number of carbonyl (C=O) groups is 2.